The molecule has 3 heteroatoms. The molecule has 0 radical (unpaired) electrons. The number of hydrogen-bond acceptors (Lipinski definition) is 3. The van der Waals surface area contributed by atoms with Crippen LogP contribution >= 0.6 is 0 Å². The van der Waals surface area contributed by atoms with E-state index in [-0.39, 0.29) is 0 Å². The molecule has 2 atom stereocenters. The largest absolute Gasteiger partial charge is 0.399 e. The summed E-state index contributed by atoms with van der Waals surface area (Å²) < 4.78 is 0. The molecule has 0 spiro atoms. The molecule has 1 heterocycles. The number of aromatic nitrogens is 1. The van der Waals surface area contributed by atoms with Gasteiger partial charge < -0.3 is 11.1 Å². The number of rotatable bonds is 2. The van der Waals surface area contributed by atoms with Crippen LogP contribution in [0.2, 0.25) is 0 Å². The van der Waals surface area contributed by atoms with Crippen LogP contribution in [0.15, 0.2) is 24.3 Å². The van der Waals surface area contributed by atoms with Gasteiger partial charge >= 0.3 is 0 Å². The number of nitrogens with zero attached hydrogens (tertiary/aromatic N) is 1. The van der Waals surface area contributed by atoms with Crippen molar-refractivity contribution in [2.75, 3.05) is 11.1 Å². The van der Waals surface area contributed by atoms with E-state index >= 15 is 0 Å². The van der Waals surface area contributed by atoms with Gasteiger partial charge in [0.2, 0.25) is 0 Å². The third-order valence-electron chi connectivity index (χ3n) is 4.16. The Morgan fingerprint density at radius 3 is 2.84 bits per heavy atom. The van der Waals surface area contributed by atoms with Crippen molar-refractivity contribution in [2.45, 2.75) is 39.2 Å². The highest BCUT2D eigenvalue weighted by atomic mass is 14.9. The van der Waals surface area contributed by atoms with Crippen molar-refractivity contribution in [2.24, 2.45) is 5.92 Å². The highest BCUT2D eigenvalue weighted by Gasteiger charge is 2.23. The number of nitrogens with one attached hydrogen (secondary N) is 1. The number of benzene rings is 1. The van der Waals surface area contributed by atoms with Crippen molar-refractivity contribution in [3.63, 3.8) is 0 Å². The van der Waals surface area contributed by atoms with Crippen molar-refractivity contribution in [3.05, 3.63) is 30.0 Å². The second-order valence-corrected chi connectivity index (χ2v) is 5.75. The van der Waals surface area contributed by atoms with Gasteiger partial charge in [-0.3, -0.25) is 4.98 Å². The van der Waals surface area contributed by atoms with E-state index in [1.807, 2.05) is 25.1 Å². The van der Waals surface area contributed by atoms with Gasteiger partial charge in [-0.15, -0.1) is 0 Å². The molecular weight excluding hydrogens is 234 g/mol. The van der Waals surface area contributed by atoms with Crippen molar-refractivity contribution < 1.29 is 0 Å². The van der Waals surface area contributed by atoms with E-state index < -0.39 is 0 Å². The summed E-state index contributed by atoms with van der Waals surface area (Å²) in [6.07, 6.45) is 3.90. The van der Waals surface area contributed by atoms with E-state index in [9.17, 15) is 0 Å². The first-order chi connectivity index (χ1) is 9.13. The van der Waals surface area contributed by atoms with Crippen molar-refractivity contribution >= 4 is 22.3 Å². The Morgan fingerprint density at radius 2 is 2.11 bits per heavy atom. The molecule has 0 aliphatic heterocycles. The Hall–Kier alpha value is -1.77. The van der Waals surface area contributed by atoms with E-state index in [0.717, 1.165) is 28.2 Å². The van der Waals surface area contributed by atoms with Gasteiger partial charge in [0.25, 0.3) is 0 Å². The first-order valence-corrected chi connectivity index (χ1v) is 7.07. The number of fused-ring (bicyclic) bond motifs is 1. The fourth-order valence-corrected chi connectivity index (χ4v) is 3.05. The molecule has 3 N–H and O–H groups in total. The van der Waals surface area contributed by atoms with Gasteiger partial charge in [0.1, 0.15) is 0 Å². The number of anilines is 2. The Balaban J connectivity index is 2.03. The van der Waals surface area contributed by atoms with Crippen LogP contribution in [-0.4, -0.2) is 11.0 Å². The van der Waals surface area contributed by atoms with Gasteiger partial charge in [-0.2, -0.15) is 0 Å². The van der Waals surface area contributed by atoms with E-state index in [0.29, 0.717) is 6.04 Å². The van der Waals surface area contributed by atoms with Crippen molar-refractivity contribution in [3.8, 4) is 0 Å². The summed E-state index contributed by atoms with van der Waals surface area (Å²) >= 11 is 0. The Labute approximate surface area is 114 Å². The van der Waals surface area contributed by atoms with Crippen LogP contribution in [0.3, 0.4) is 0 Å². The lowest BCUT2D eigenvalue weighted by atomic mass is 10.0. The third kappa shape index (κ3) is 2.37. The molecule has 1 aliphatic carbocycles. The Morgan fingerprint density at radius 1 is 1.26 bits per heavy atom. The van der Waals surface area contributed by atoms with Crippen LogP contribution in [0.25, 0.3) is 10.9 Å². The number of hydrogen-bond donors (Lipinski definition) is 2. The van der Waals surface area contributed by atoms with Crippen LogP contribution < -0.4 is 11.1 Å². The molecule has 19 heavy (non-hydrogen) atoms. The molecule has 0 saturated heterocycles. The first kappa shape index (κ1) is 12.3. The summed E-state index contributed by atoms with van der Waals surface area (Å²) in [5.41, 5.74) is 9.94. The minimum Gasteiger partial charge on any atom is -0.399 e. The topological polar surface area (TPSA) is 50.9 Å². The zero-order valence-electron chi connectivity index (χ0n) is 11.6. The van der Waals surface area contributed by atoms with Crippen LogP contribution in [0, 0.1) is 12.8 Å². The monoisotopic (exact) mass is 255 g/mol. The summed E-state index contributed by atoms with van der Waals surface area (Å²) in [5.74, 6) is 0.740. The Bertz CT molecular complexity index is 606. The fourth-order valence-electron chi connectivity index (χ4n) is 3.05. The highest BCUT2D eigenvalue weighted by molar-refractivity contribution is 5.93. The average molecular weight is 255 g/mol. The lowest BCUT2D eigenvalue weighted by Crippen LogP contribution is -2.22. The number of nitrogen functional groups attached to an aromatic ring is 1. The second-order valence-electron chi connectivity index (χ2n) is 5.75. The summed E-state index contributed by atoms with van der Waals surface area (Å²) in [5, 5.41) is 4.84. The molecule has 1 fully saturated rings. The van der Waals surface area contributed by atoms with Gasteiger partial charge in [0.15, 0.2) is 0 Å². The molecule has 3 rings (SSSR count). The van der Waals surface area contributed by atoms with E-state index in [4.69, 9.17) is 5.73 Å². The van der Waals surface area contributed by atoms with Crippen molar-refractivity contribution in [1.29, 1.82) is 0 Å². The van der Waals surface area contributed by atoms with Crippen LogP contribution in [0.5, 0.6) is 0 Å². The summed E-state index contributed by atoms with van der Waals surface area (Å²) in [4.78, 5) is 4.58. The van der Waals surface area contributed by atoms with E-state index in [1.54, 1.807) is 0 Å². The molecule has 1 saturated carbocycles. The maximum atomic E-state index is 5.91. The molecule has 2 unspecified atom stereocenters. The standard InChI is InChI=1S/C16H21N3/c1-10-4-3-5-14(10)19-16-8-11(2)18-15-7-6-12(17)9-13(15)16/h6-10,14H,3-5,17H2,1-2H3,(H,18,19). The molecule has 100 valence electrons. The molecule has 3 nitrogen and oxygen atoms in total. The van der Waals surface area contributed by atoms with Gasteiger partial charge in [0.05, 0.1) is 5.52 Å². The average Bonchev–Trinajstić information content (AvgIpc) is 2.76. The predicted molar refractivity (Wildman–Crippen MR) is 81.3 cm³/mol. The number of aryl methyl sites for hydroxylation is 1. The van der Waals surface area contributed by atoms with Gasteiger partial charge in [-0.1, -0.05) is 13.3 Å². The van der Waals surface area contributed by atoms with E-state index in [2.05, 4.69) is 23.3 Å². The number of pyridine rings is 1. The minimum atomic E-state index is 0.575. The zero-order chi connectivity index (χ0) is 13.4. The van der Waals surface area contributed by atoms with Crippen LogP contribution in [0.1, 0.15) is 31.9 Å². The third-order valence-corrected chi connectivity index (χ3v) is 4.16. The maximum absolute atomic E-state index is 5.91. The SMILES string of the molecule is Cc1cc(NC2CCCC2C)c2cc(N)ccc2n1. The fraction of sp³-hybridized carbons (Fsp3) is 0.438. The van der Waals surface area contributed by atoms with Crippen molar-refractivity contribution in [1.82, 2.24) is 4.98 Å². The summed E-state index contributed by atoms with van der Waals surface area (Å²) in [7, 11) is 0. The lowest BCUT2D eigenvalue weighted by molar-refractivity contribution is 0.557. The molecule has 0 bridgehead atoms. The molecule has 1 aromatic carbocycles. The molecular formula is C16H21N3. The van der Waals surface area contributed by atoms with Crippen LogP contribution in [-0.2, 0) is 0 Å². The maximum Gasteiger partial charge on any atom is 0.0727 e. The normalized spacial score (nSPS) is 22.8. The van der Waals surface area contributed by atoms with Gasteiger partial charge in [0, 0.05) is 28.5 Å². The Kier molecular flexibility index (Phi) is 3.05. The minimum absolute atomic E-state index is 0.575. The number of nitrogens with two attached hydrogens (primary N) is 1. The van der Waals surface area contributed by atoms with E-state index in [1.165, 1.54) is 24.9 Å². The lowest BCUT2D eigenvalue weighted by Gasteiger charge is -2.20. The smallest absolute Gasteiger partial charge is 0.0727 e. The molecule has 2 aromatic rings. The molecule has 1 aromatic heterocycles. The van der Waals surface area contributed by atoms with Crippen LogP contribution in [0.4, 0.5) is 11.4 Å². The summed E-state index contributed by atoms with van der Waals surface area (Å²) in [6, 6.07) is 8.64. The van der Waals surface area contributed by atoms with Gasteiger partial charge in [-0.25, -0.2) is 0 Å². The van der Waals surface area contributed by atoms with Gasteiger partial charge in [-0.05, 0) is 49.9 Å². The quantitative estimate of drug-likeness (QED) is 0.804. The zero-order valence-corrected chi connectivity index (χ0v) is 11.6. The summed E-state index contributed by atoms with van der Waals surface area (Å²) in [6.45, 7) is 4.37. The molecule has 1 aliphatic rings. The highest BCUT2D eigenvalue weighted by Crippen LogP contribution is 2.31. The predicted octanol–water partition coefficient (Wildman–Crippen LogP) is 3.73. The molecule has 0 amide bonds. The second kappa shape index (κ2) is 4.72. The first-order valence-electron chi connectivity index (χ1n) is 7.07.